The highest BCUT2D eigenvalue weighted by atomic mass is 16.1. The van der Waals surface area contributed by atoms with Gasteiger partial charge in [0.25, 0.3) is 5.91 Å². The molecule has 132 valence electrons. The zero-order valence-electron chi connectivity index (χ0n) is 14.5. The van der Waals surface area contributed by atoms with Crippen molar-refractivity contribution in [3.63, 3.8) is 0 Å². The first-order valence-corrected chi connectivity index (χ1v) is 8.76. The molecular weight excluding hydrogens is 328 g/mol. The Morgan fingerprint density at radius 1 is 1.27 bits per heavy atom. The summed E-state index contributed by atoms with van der Waals surface area (Å²) in [7, 11) is 0. The van der Waals surface area contributed by atoms with Crippen LogP contribution in [0.2, 0.25) is 0 Å². The fraction of sp³-hybridized carbons (Fsp3) is 0.263. The molecule has 1 aliphatic rings. The molecule has 0 aliphatic carbocycles. The van der Waals surface area contributed by atoms with Gasteiger partial charge in [0.2, 0.25) is 0 Å². The number of nitrogens with one attached hydrogen (secondary N) is 3. The molecule has 0 bridgehead atoms. The Bertz CT molecular complexity index is 991. The van der Waals surface area contributed by atoms with Gasteiger partial charge in [-0.15, -0.1) is 0 Å². The van der Waals surface area contributed by atoms with Crippen molar-refractivity contribution in [1.29, 1.82) is 0 Å². The molecule has 7 nitrogen and oxygen atoms in total. The first-order valence-electron chi connectivity index (χ1n) is 8.76. The fourth-order valence-corrected chi connectivity index (χ4v) is 2.95. The molecule has 0 unspecified atom stereocenters. The van der Waals surface area contributed by atoms with Crippen LogP contribution in [0.25, 0.3) is 11.0 Å². The van der Waals surface area contributed by atoms with Gasteiger partial charge >= 0.3 is 0 Å². The molecule has 0 saturated carbocycles. The number of hydrogen-bond acceptors (Lipinski definition) is 5. The molecule has 2 aromatic heterocycles. The van der Waals surface area contributed by atoms with Crippen LogP contribution >= 0.6 is 0 Å². The average molecular weight is 348 g/mol. The van der Waals surface area contributed by atoms with Gasteiger partial charge in [0.15, 0.2) is 0 Å². The number of unbranched alkanes of at least 4 members (excludes halogenated alkanes) is 1. The summed E-state index contributed by atoms with van der Waals surface area (Å²) in [5, 5.41) is 7.00. The van der Waals surface area contributed by atoms with Gasteiger partial charge in [-0.3, -0.25) is 9.79 Å². The molecule has 1 aliphatic heterocycles. The van der Waals surface area contributed by atoms with E-state index in [1.165, 1.54) is 11.9 Å². The van der Waals surface area contributed by atoms with Crippen LogP contribution in [0.3, 0.4) is 0 Å². The van der Waals surface area contributed by atoms with E-state index in [1.807, 2.05) is 18.3 Å². The summed E-state index contributed by atoms with van der Waals surface area (Å²) in [5.41, 5.74) is 4.38. The number of aromatic nitrogens is 3. The van der Waals surface area contributed by atoms with Crippen molar-refractivity contribution in [3.8, 4) is 0 Å². The van der Waals surface area contributed by atoms with Crippen molar-refractivity contribution in [2.75, 3.05) is 11.9 Å². The summed E-state index contributed by atoms with van der Waals surface area (Å²) in [6.45, 7) is 3.49. The van der Waals surface area contributed by atoms with Gasteiger partial charge in [-0.05, 0) is 35.7 Å². The first kappa shape index (κ1) is 16.3. The molecule has 0 atom stereocenters. The van der Waals surface area contributed by atoms with E-state index >= 15 is 0 Å². The summed E-state index contributed by atoms with van der Waals surface area (Å²) >= 11 is 0. The SMILES string of the molecule is CCCCNC(=O)c1cc2c(Nc3ccc4c(c3)C=NC4)ncnc2[nH]1. The number of H-pyrrole nitrogens is 1. The van der Waals surface area contributed by atoms with Gasteiger partial charge < -0.3 is 15.6 Å². The molecule has 0 radical (unpaired) electrons. The number of hydrogen-bond donors (Lipinski definition) is 3. The van der Waals surface area contributed by atoms with Crippen LogP contribution in [0.1, 0.15) is 41.4 Å². The number of benzene rings is 1. The van der Waals surface area contributed by atoms with E-state index in [0.717, 1.165) is 36.0 Å². The lowest BCUT2D eigenvalue weighted by Crippen LogP contribution is -2.24. The number of amides is 1. The van der Waals surface area contributed by atoms with Crippen molar-refractivity contribution < 1.29 is 4.79 Å². The van der Waals surface area contributed by atoms with Crippen LogP contribution in [0.4, 0.5) is 11.5 Å². The van der Waals surface area contributed by atoms with Gasteiger partial charge in [0.1, 0.15) is 23.5 Å². The second kappa shape index (κ2) is 6.95. The smallest absolute Gasteiger partial charge is 0.267 e. The summed E-state index contributed by atoms with van der Waals surface area (Å²) < 4.78 is 0. The van der Waals surface area contributed by atoms with Crippen LogP contribution in [0.15, 0.2) is 35.6 Å². The second-order valence-electron chi connectivity index (χ2n) is 6.29. The first-order chi connectivity index (χ1) is 12.7. The molecule has 4 rings (SSSR count). The maximum atomic E-state index is 12.3. The molecule has 0 saturated heterocycles. The third-order valence-electron chi connectivity index (χ3n) is 4.39. The Morgan fingerprint density at radius 3 is 3.08 bits per heavy atom. The van der Waals surface area contributed by atoms with E-state index < -0.39 is 0 Å². The van der Waals surface area contributed by atoms with Crippen LogP contribution in [0, 0.1) is 0 Å². The van der Waals surface area contributed by atoms with Crippen molar-refractivity contribution >= 4 is 34.7 Å². The number of carbonyl (C=O) groups excluding carboxylic acids is 1. The summed E-state index contributed by atoms with van der Waals surface area (Å²) in [6.07, 6.45) is 5.36. The lowest BCUT2D eigenvalue weighted by molar-refractivity contribution is 0.0949. The molecule has 3 aromatic rings. The Balaban J connectivity index is 1.59. The number of rotatable bonds is 6. The molecule has 1 amide bonds. The zero-order valence-corrected chi connectivity index (χ0v) is 14.5. The average Bonchev–Trinajstić information content (AvgIpc) is 3.28. The Morgan fingerprint density at radius 2 is 2.19 bits per heavy atom. The molecule has 1 aromatic carbocycles. The van der Waals surface area contributed by atoms with E-state index in [-0.39, 0.29) is 5.91 Å². The third-order valence-corrected chi connectivity index (χ3v) is 4.39. The standard InChI is InChI=1S/C19H20N6O/c1-2-3-6-21-19(26)16-8-15-17(22-11-23-18(15)25-16)24-14-5-4-12-9-20-10-13(12)7-14/h4-5,7-8,10-11H,2-3,6,9H2,1H3,(H,21,26)(H2,22,23,24,25). The topological polar surface area (TPSA) is 95.1 Å². The van der Waals surface area contributed by atoms with Gasteiger partial charge in [-0.25, -0.2) is 9.97 Å². The predicted molar refractivity (Wildman–Crippen MR) is 102 cm³/mol. The summed E-state index contributed by atoms with van der Waals surface area (Å²) in [6, 6.07) is 7.90. The number of aliphatic imine (C=N–C) groups is 1. The Kier molecular flexibility index (Phi) is 4.35. The Labute approximate surface area is 151 Å². The minimum absolute atomic E-state index is 0.129. The van der Waals surface area contributed by atoms with Crippen molar-refractivity contribution in [3.05, 3.63) is 47.4 Å². The van der Waals surface area contributed by atoms with Gasteiger partial charge in [0, 0.05) is 18.4 Å². The van der Waals surface area contributed by atoms with Crippen LogP contribution in [-0.2, 0) is 6.54 Å². The highest BCUT2D eigenvalue weighted by Crippen LogP contribution is 2.26. The zero-order chi connectivity index (χ0) is 17.9. The van der Waals surface area contributed by atoms with Crippen molar-refractivity contribution in [2.24, 2.45) is 4.99 Å². The predicted octanol–water partition coefficient (Wildman–Crippen LogP) is 3.16. The Hall–Kier alpha value is -3.22. The van der Waals surface area contributed by atoms with Crippen LogP contribution < -0.4 is 10.6 Å². The van der Waals surface area contributed by atoms with E-state index in [0.29, 0.717) is 23.7 Å². The maximum absolute atomic E-state index is 12.3. The third kappa shape index (κ3) is 3.15. The number of nitrogens with zero attached hydrogens (tertiary/aromatic N) is 3. The number of aromatic amines is 1. The highest BCUT2D eigenvalue weighted by molar-refractivity contribution is 6.00. The lowest BCUT2D eigenvalue weighted by Gasteiger charge is -2.07. The minimum Gasteiger partial charge on any atom is -0.351 e. The van der Waals surface area contributed by atoms with Crippen molar-refractivity contribution in [2.45, 2.75) is 26.3 Å². The minimum atomic E-state index is -0.129. The normalized spacial score (nSPS) is 12.3. The molecule has 7 heteroatoms. The van der Waals surface area contributed by atoms with E-state index in [9.17, 15) is 4.79 Å². The van der Waals surface area contributed by atoms with E-state index in [1.54, 1.807) is 6.07 Å². The van der Waals surface area contributed by atoms with Crippen molar-refractivity contribution in [1.82, 2.24) is 20.3 Å². The number of anilines is 2. The van der Waals surface area contributed by atoms with Crippen LogP contribution in [-0.4, -0.2) is 33.6 Å². The van der Waals surface area contributed by atoms with E-state index in [4.69, 9.17) is 0 Å². The van der Waals surface area contributed by atoms with Gasteiger partial charge in [-0.2, -0.15) is 0 Å². The molecule has 3 heterocycles. The van der Waals surface area contributed by atoms with Gasteiger partial charge in [-0.1, -0.05) is 19.4 Å². The highest BCUT2D eigenvalue weighted by Gasteiger charge is 2.14. The molecule has 3 N–H and O–H groups in total. The summed E-state index contributed by atoms with van der Waals surface area (Å²) in [5.74, 6) is 0.532. The van der Waals surface area contributed by atoms with Gasteiger partial charge in [0.05, 0.1) is 11.9 Å². The molecule has 26 heavy (non-hydrogen) atoms. The molecule has 0 fully saturated rings. The quantitative estimate of drug-likeness (QED) is 0.596. The number of carbonyl (C=O) groups is 1. The molecule has 0 spiro atoms. The van der Waals surface area contributed by atoms with Crippen LogP contribution in [0.5, 0.6) is 0 Å². The largest absolute Gasteiger partial charge is 0.351 e. The summed E-state index contributed by atoms with van der Waals surface area (Å²) in [4.78, 5) is 28.2. The fourth-order valence-electron chi connectivity index (χ4n) is 2.95. The lowest BCUT2D eigenvalue weighted by atomic mass is 10.1. The van der Waals surface area contributed by atoms with E-state index in [2.05, 4.69) is 43.6 Å². The second-order valence-corrected chi connectivity index (χ2v) is 6.29. The maximum Gasteiger partial charge on any atom is 0.267 e. The number of fused-ring (bicyclic) bond motifs is 2. The monoisotopic (exact) mass is 348 g/mol. The molecular formula is C19H20N6O.